The molecule has 0 aromatic rings. The largest absolute Gasteiger partial charge is 0.330 e. The Morgan fingerprint density at radius 3 is 2.62 bits per heavy atom. The highest BCUT2D eigenvalue weighted by atomic mass is 15.1. The van der Waals surface area contributed by atoms with E-state index >= 15 is 0 Å². The van der Waals surface area contributed by atoms with Crippen LogP contribution in [0.25, 0.3) is 0 Å². The summed E-state index contributed by atoms with van der Waals surface area (Å²) in [6.45, 7) is 7.21. The first-order chi connectivity index (χ1) is 7.86. The summed E-state index contributed by atoms with van der Waals surface area (Å²) < 4.78 is 0. The van der Waals surface area contributed by atoms with Crippen LogP contribution in [-0.2, 0) is 0 Å². The van der Waals surface area contributed by atoms with Gasteiger partial charge in [-0.3, -0.25) is 0 Å². The van der Waals surface area contributed by atoms with E-state index in [0.717, 1.165) is 12.5 Å². The summed E-state index contributed by atoms with van der Waals surface area (Å²) in [6.07, 6.45) is 11.0. The predicted octanol–water partition coefficient (Wildman–Crippen LogP) is 3.02. The molecule has 0 aliphatic carbocycles. The van der Waals surface area contributed by atoms with E-state index in [1.807, 2.05) is 0 Å². The molecule has 1 rings (SSSR count). The molecule has 0 amide bonds. The Hall–Kier alpha value is -0.0800. The molecule has 2 N–H and O–H groups in total. The maximum absolute atomic E-state index is 5.49. The van der Waals surface area contributed by atoms with Crippen molar-refractivity contribution in [2.45, 2.75) is 58.3 Å². The zero-order valence-electron chi connectivity index (χ0n) is 11.1. The number of nitrogens with two attached hydrogens (primary N) is 1. The van der Waals surface area contributed by atoms with Crippen LogP contribution in [0.2, 0.25) is 0 Å². The maximum Gasteiger partial charge on any atom is -0.00161 e. The Morgan fingerprint density at radius 1 is 1.06 bits per heavy atom. The lowest BCUT2D eigenvalue weighted by Gasteiger charge is -2.19. The van der Waals surface area contributed by atoms with E-state index in [1.165, 1.54) is 71.0 Å². The smallest absolute Gasteiger partial charge is 0.00161 e. The van der Waals surface area contributed by atoms with Crippen LogP contribution >= 0.6 is 0 Å². The molecule has 2 heteroatoms. The van der Waals surface area contributed by atoms with E-state index in [2.05, 4.69) is 11.8 Å². The highest BCUT2D eigenvalue weighted by Gasteiger charge is 2.14. The zero-order valence-corrected chi connectivity index (χ0v) is 11.1. The van der Waals surface area contributed by atoms with Gasteiger partial charge in [0.1, 0.15) is 0 Å². The summed E-state index contributed by atoms with van der Waals surface area (Å²) in [7, 11) is 0. The molecular formula is C14H30N2. The van der Waals surface area contributed by atoms with Gasteiger partial charge in [-0.1, -0.05) is 26.2 Å². The molecule has 1 unspecified atom stereocenters. The zero-order chi connectivity index (χ0) is 11.6. The third kappa shape index (κ3) is 5.86. The second-order valence-electron chi connectivity index (χ2n) is 5.25. The fourth-order valence-electron chi connectivity index (χ4n) is 2.69. The van der Waals surface area contributed by atoms with Crippen LogP contribution in [0.5, 0.6) is 0 Å². The summed E-state index contributed by atoms with van der Waals surface area (Å²) in [5.74, 6) is 1.00. The van der Waals surface area contributed by atoms with Crippen LogP contribution in [-0.4, -0.2) is 31.1 Å². The van der Waals surface area contributed by atoms with Crippen molar-refractivity contribution in [3.05, 3.63) is 0 Å². The van der Waals surface area contributed by atoms with Crippen molar-refractivity contribution in [1.82, 2.24) is 4.90 Å². The van der Waals surface area contributed by atoms with Crippen LogP contribution in [0.1, 0.15) is 58.3 Å². The molecule has 1 aliphatic heterocycles. The highest BCUT2D eigenvalue weighted by Crippen LogP contribution is 2.20. The molecule has 1 aliphatic rings. The van der Waals surface area contributed by atoms with Gasteiger partial charge in [0.2, 0.25) is 0 Å². The average Bonchev–Trinajstić information content (AvgIpc) is 2.54. The van der Waals surface area contributed by atoms with E-state index in [-0.39, 0.29) is 0 Å². The standard InChI is InChI=1S/C14H30N2/c1-2-14-8-7-12-16(13-9-14)11-6-4-3-5-10-15/h14H,2-13,15H2,1H3. The lowest BCUT2D eigenvalue weighted by molar-refractivity contribution is 0.273. The van der Waals surface area contributed by atoms with Gasteiger partial charge in [-0.25, -0.2) is 0 Å². The van der Waals surface area contributed by atoms with Crippen molar-refractivity contribution < 1.29 is 0 Å². The maximum atomic E-state index is 5.49. The first-order valence-corrected chi connectivity index (χ1v) is 7.29. The predicted molar refractivity (Wildman–Crippen MR) is 71.6 cm³/mol. The first-order valence-electron chi connectivity index (χ1n) is 7.29. The van der Waals surface area contributed by atoms with Crippen molar-refractivity contribution in [1.29, 1.82) is 0 Å². The van der Waals surface area contributed by atoms with Gasteiger partial charge in [0, 0.05) is 0 Å². The van der Waals surface area contributed by atoms with Gasteiger partial charge in [-0.05, 0) is 64.2 Å². The fourth-order valence-corrected chi connectivity index (χ4v) is 2.69. The number of rotatable bonds is 7. The molecule has 0 spiro atoms. The number of likely N-dealkylation sites (tertiary alicyclic amines) is 1. The van der Waals surface area contributed by atoms with Crippen molar-refractivity contribution in [3.8, 4) is 0 Å². The molecular weight excluding hydrogens is 196 g/mol. The molecule has 16 heavy (non-hydrogen) atoms. The summed E-state index contributed by atoms with van der Waals surface area (Å²) in [4.78, 5) is 2.68. The number of hydrogen-bond acceptors (Lipinski definition) is 2. The van der Waals surface area contributed by atoms with Gasteiger partial charge in [0.25, 0.3) is 0 Å². The third-order valence-electron chi connectivity index (χ3n) is 3.95. The fraction of sp³-hybridized carbons (Fsp3) is 1.00. The topological polar surface area (TPSA) is 29.3 Å². The Morgan fingerprint density at radius 2 is 1.88 bits per heavy atom. The van der Waals surface area contributed by atoms with Crippen LogP contribution in [0.3, 0.4) is 0 Å². The van der Waals surface area contributed by atoms with Crippen LogP contribution < -0.4 is 5.73 Å². The summed E-state index contributed by atoms with van der Waals surface area (Å²) in [5.41, 5.74) is 5.49. The van der Waals surface area contributed by atoms with Crippen LogP contribution in [0.15, 0.2) is 0 Å². The summed E-state index contributed by atoms with van der Waals surface area (Å²) >= 11 is 0. The molecule has 96 valence electrons. The molecule has 0 radical (unpaired) electrons. The van der Waals surface area contributed by atoms with Gasteiger partial charge in [-0.2, -0.15) is 0 Å². The highest BCUT2D eigenvalue weighted by molar-refractivity contribution is 4.69. The molecule has 1 atom stereocenters. The quantitative estimate of drug-likeness (QED) is 0.676. The van der Waals surface area contributed by atoms with E-state index < -0.39 is 0 Å². The van der Waals surface area contributed by atoms with E-state index in [4.69, 9.17) is 5.73 Å². The van der Waals surface area contributed by atoms with Crippen LogP contribution in [0, 0.1) is 5.92 Å². The molecule has 1 heterocycles. The van der Waals surface area contributed by atoms with Gasteiger partial charge < -0.3 is 10.6 Å². The Kier molecular flexibility index (Phi) is 7.87. The molecule has 0 saturated carbocycles. The third-order valence-corrected chi connectivity index (χ3v) is 3.95. The summed E-state index contributed by atoms with van der Waals surface area (Å²) in [6, 6.07) is 0. The van der Waals surface area contributed by atoms with Crippen molar-refractivity contribution in [3.63, 3.8) is 0 Å². The second kappa shape index (κ2) is 9.00. The first kappa shape index (κ1) is 14.0. The lowest BCUT2D eigenvalue weighted by Crippen LogP contribution is -2.26. The van der Waals surface area contributed by atoms with Crippen molar-refractivity contribution in [2.75, 3.05) is 26.2 Å². The van der Waals surface area contributed by atoms with Gasteiger partial charge in [-0.15, -0.1) is 0 Å². The van der Waals surface area contributed by atoms with E-state index in [1.54, 1.807) is 0 Å². The molecule has 0 bridgehead atoms. The Bertz CT molecular complexity index is 159. The minimum absolute atomic E-state index is 0.863. The minimum Gasteiger partial charge on any atom is -0.330 e. The molecule has 0 aromatic carbocycles. The average molecular weight is 226 g/mol. The summed E-state index contributed by atoms with van der Waals surface area (Å²) in [5, 5.41) is 0. The second-order valence-corrected chi connectivity index (χ2v) is 5.25. The van der Waals surface area contributed by atoms with Crippen molar-refractivity contribution >= 4 is 0 Å². The van der Waals surface area contributed by atoms with E-state index in [9.17, 15) is 0 Å². The molecule has 1 saturated heterocycles. The number of unbranched alkanes of at least 4 members (excludes halogenated alkanes) is 3. The van der Waals surface area contributed by atoms with Crippen molar-refractivity contribution in [2.24, 2.45) is 11.7 Å². The van der Waals surface area contributed by atoms with E-state index in [0.29, 0.717) is 0 Å². The minimum atomic E-state index is 0.863. The molecule has 2 nitrogen and oxygen atoms in total. The lowest BCUT2D eigenvalue weighted by atomic mass is 9.98. The van der Waals surface area contributed by atoms with Gasteiger partial charge >= 0.3 is 0 Å². The number of hydrogen-bond donors (Lipinski definition) is 1. The Balaban J connectivity index is 2.03. The van der Waals surface area contributed by atoms with Crippen LogP contribution in [0.4, 0.5) is 0 Å². The monoisotopic (exact) mass is 226 g/mol. The normalized spacial score (nSPS) is 23.2. The van der Waals surface area contributed by atoms with Gasteiger partial charge in [0.15, 0.2) is 0 Å². The van der Waals surface area contributed by atoms with Gasteiger partial charge in [0.05, 0.1) is 0 Å². The number of nitrogens with zero attached hydrogens (tertiary/aromatic N) is 1. The molecule has 0 aromatic heterocycles. The SMILES string of the molecule is CCC1CCCN(CCCCCCN)CC1. The molecule has 1 fully saturated rings. The Labute approximate surface area is 102 Å².